The van der Waals surface area contributed by atoms with E-state index in [1.807, 2.05) is 45.9 Å². The van der Waals surface area contributed by atoms with E-state index in [9.17, 15) is 19.8 Å². The largest absolute Gasteiger partial charge is 0.543 e. The summed E-state index contributed by atoms with van der Waals surface area (Å²) in [5.41, 5.74) is 0.199. The Bertz CT molecular complexity index is 1060. The van der Waals surface area contributed by atoms with Crippen molar-refractivity contribution in [2.24, 2.45) is 0 Å². The molecule has 0 aliphatic carbocycles. The second kappa shape index (κ2) is 10.7. The number of hydrogen-bond acceptors (Lipinski definition) is 6. The lowest BCUT2D eigenvalue weighted by molar-refractivity contribution is -0.149. The van der Waals surface area contributed by atoms with Gasteiger partial charge in [0.1, 0.15) is 11.5 Å². The molecule has 0 aliphatic heterocycles. The normalized spacial score (nSPS) is 14.2. The third kappa shape index (κ3) is 6.23. The van der Waals surface area contributed by atoms with E-state index in [4.69, 9.17) is 9.16 Å². The topological polar surface area (TPSA) is 96.3 Å². The maximum absolute atomic E-state index is 14.0. The van der Waals surface area contributed by atoms with Crippen molar-refractivity contribution in [2.75, 3.05) is 0 Å². The number of esters is 1. The predicted octanol–water partition coefficient (Wildman–Crippen LogP) is 5.13. The molecule has 0 saturated heterocycles. The summed E-state index contributed by atoms with van der Waals surface area (Å²) in [6.45, 7) is 19.7. The number of benzene rings is 2. The molecule has 0 aromatic heterocycles. The molecule has 2 atom stereocenters. The first-order chi connectivity index (χ1) is 16.0. The molecule has 0 spiro atoms. The molecule has 0 bridgehead atoms. The number of ether oxygens (including phenoxy) is 1. The van der Waals surface area contributed by atoms with E-state index in [2.05, 4.69) is 33.9 Å². The van der Waals surface area contributed by atoms with E-state index in [1.165, 1.54) is 6.92 Å². The van der Waals surface area contributed by atoms with Gasteiger partial charge in [-0.2, -0.15) is 0 Å². The Morgan fingerprint density at radius 1 is 0.914 bits per heavy atom. The fourth-order valence-electron chi connectivity index (χ4n) is 3.70. The van der Waals surface area contributed by atoms with E-state index in [1.54, 1.807) is 17.0 Å². The second-order valence-corrected chi connectivity index (χ2v) is 15.9. The van der Waals surface area contributed by atoms with Crippen LogP contribution in [0.3, 0.4) is 0 Å². The Morgan fingerprint density at radius 3 is 1.97 bits per heavy atom. The van der Waals surface area contributed by atoms with E-state index in [0.717, 1.165) is 5.39 Å². The van der Waals surface area contributed by atoms with Crippen LogP contribution in [0.25, 0.3) is 10.8 Å². The average Bonchev–Trinajstić information content (AvgIpc) is 2.71. The van der Waals surface area contributed by atoms with Crippen LogP contribution in [0, 0.1) is 0 Å². The van der Waals surface area contributed by atoms with Gasteiger partial charge in [0.2, 0.25) is 0 Å². The SMILES string of the molecule is CC(O)C(O)C(=O)Oc1ccc2cccc(O[Si](C)(C)C(C)(C)C)c2c1C(=O)N(C(C)C)C(C)C. The lowest BCUT2D eigenvalue weighted by Gasteiger charge is -2.37. The summed E-state index contributed by atoms with van der Waals surface area (Å²) in [5.74, 6) is -0.762. The third-order valence-corrected chi connectivity index (χ3v) is 11.0. The maximum Gasteiger partial charge on any atom is 0.343 e. The van der Waals surface area contributed by atoms with Crippen molar-refractivity contribution < 1.29 is 29.0 Å². The fourth-order valence-corrected chi connectivity index (χ4v) is 4.72. The van der Waals surface area contributed by atoms with Gasteiger partial charge in [-0.15, -0.1) is 0 Å². The van der Waals surface area contributed by atoms with Gasteiger partial charge >= 0.3 is 5.97 Å². The van der Waals surface area contributed by atoms with Crippen molar-refractivity contribution >= 4 is 31.0 Å². The van der Waals surface area contributed by atoms with Crippen molar-refractivity contribution in [1.29, 1.82) is 0 Å². The molecule has 2 N–H and O–H groups in total. The standard InChI is InChI=1S/C27H41NO6Si/c1-16(2)28(17(3)4)25(31)23-20(33-26(32)24(30)18(5)29)15-14-19-12-11-13-21(22(19)23)34-35(9,10)27(6,7)8/h11-18,24,29-30H,1-10H3. The van der Waals surface area contributed by atoms with Crippen LogP contribution in [0.5, 0.6) is 11.5 Å². The molecule has 35 heavy (non-hydrogen) atoms. The summed E-state index contributed by atoms with van der Waals surface area (Å²) in [6, 6.07) is 8.69. The molecule has 2 rings (SSSR count). The van der Waals surface area contributed by atoms with Gasteiger partial charge < -0.3 is 24.3 Å². The number of rotatable bonds is 8. The first kappa shape index (κ1) is 28.8. The Kier molecular flexibility index (Phi) is 8.79. The molecular weight excluding hydrogens is 462 g/mol. The molecule has 2 aromatic carbocycles. The first-order valence-corrected chi connectivity index (χ1v) is 15.1. The van der Waals surface area contributed by atoms with Gasteiger partial charge in [0.25, 0.3) is 14.2 Å². The minimum Gasteiger partial charge on any atom is -0.543 e. The molecule has 8 heteroatoms. The van der Waals surface area contributed by atoms with Crippen molar-refractivity contribution in [1.82, 2.24) is 4.90 Å². The Hall–Kier alpha value is -2.42. The van der Waals surface area contributed by atoms with Gasteiger partial charge in [-0.25, -0.2) is 4.79 Å². The number of fused-ring (bicyclic) bond motifs is 1. The molecule has 1 amide bonds. The maximum atomic E-state index is 14.0. The van der Waals surface area contributed by atoms with Gasteiger partial charge in [0.05, 0.1) is 11.7 Å². The number of hydrogen-bond donors (Lipinski definition) is 2. The van der Waals surface area contributed by atoms with Crippen LogP contribution in [-0.4, -0.2) is 59.6 Å². The predicted molar refractivity (Wildman–Crippen MR) is 142 cm³/mol. The summed E-state index contributed by atoms with van der Waals surface area (Å²) < 4.78 is 12.2. The number of carbonyl (C=O) groups is 2. The lowest BCUT2D eigenvalue weighted by atomic mass is 10.00. The molecule has 2 unspecified atom stereocenters. The highest BCUT2D eigenvalue weighted by Gasteiger charge is 2.40. The van der Waals surface area contributed by atoms with Crippen LogP contribution in [0.1, 0.15) is 65.7 Å². The summed E-state index contributed by atoms with van der Waals surface area (Å²) >= 11 is 0. The zero-order chi connectivity index (χ0) is 26.9. The monoisotopic (exact) mass is 503 g/mol. The lowest BCUT2D eigenvalue weighted by Crippen LogP contribution is -2.44. The minimum absolute atomic E-state index is 0.0183. The summed E-state index contributed by atoms with van der Waals surface area (Å²) in [5, 5.41) is 21.0. The zero-order valence-electron chi connectivity index (χ0n) is 22.7. The molecule has 194 valence electrons. The Labute approximate surface area is 210 Å². The number of aliphatic hydroxyl groups excluding tert-OH is 2. The molecule has 0 heterocycles. The molecule has 7 nitrogen and oxygen atoms in total. The van der Waals surface area contributed by atoms with Crippen molar-refractivity contribution in [3.05, 3.63) is 35.9 Å². The number of nitrogens with zero attached hydrogens (tertiary/aromatic N) is 1. The number of aliphatic hydroxyl groups is 2. The number of carbonyl (C=O) groups excluding carboxylic acids is 2. The molecule has 0 saturated carbocycles. The van der Waals surface area contributed by atoms with Crippen LogP contribution in [0.2, 0.25) is 18.1 Å². The average molecular weight is 504 g/mol. The van der Waals surface area contributed by atoms with E-state index < -0.39 is 26.5 Å². The number of amides is 1. The Morgan fingerprint density at radius 2 is 1.49 bits per heavy atom. The quantitative estimate of drug-likeness (QED) is 0.295. The highest BCUT2D eigenvalue weighted by atomic mass is 28.4. The highest BCUT2D eigenvalue weighted by Crippen LogP contribution is 2.42. The molecule has 2 aromatic rings. The van der Waals surface area contributed by atoms with Crippen molar-refractivity contribution in [3.63, 3.8) is 0 Å². The van der Waals surface area contributed by atoms with Crippen LogP contribution in [0.4, 0.5) is 0 Å². The van der Waals surface area contributed by atoms with Crippen molar-refractivity contribution in [3.8, 4) is 11.5 Å². The molecule has 0 aliphatic rings. The van der Waals surface area contributed by atoms with Gasteiger partial charge in [0, 0.05) is 17.5 Å². The summed E-state index contributed by atoms with van der Waals surface area (Å²) in [4.78, 5) is 28.3. The molecular formula is C27H41NO6Si. The summed E-state index contributed by atoms with van der Waals surface area (Å²) in [7, 11) is -2.28. The van der Waals surface area contributed by atoms with Crippen LogP contribution >= 0.6 is 0 Å². The highest BCUT2D eigenvalue weighted by molar-refractivity contribution is 6.74. The summed E-state index contributed by atoms with van der Waals surface area (Å²) in [6.07, 6.45) is -3.05. The smallest absolute Gasteiger partial charge is 0.343 e. The van der Waals surface area contributed by atoms with Gasteiger partial charge in [-0.1, -0.05) is 39.0 Å². The minimum atomic E-state index is -2.28. The van der Waals surface area contributed by atoms with Crippen LogP contribution < -0.4 is 9.16 Å². The van der Waals surface area contributed by atoms with E-state index in [-0.39, 0.29) is 34.3 Å². The van der Waals surface area contributed by atoms with Gasteiger partial charge in [-0.05, 0) is 70.3 Å². The van der Waals surface area contributed by atoms with E-state index in [0.29, 0.717) is 11.1 Å². The van der Waals surface area contributed by atoms with Crippen LogP contribution in [0.15, 0.2) is 30.3 Å². The molecule has 0 radical (unpaired) electrons. The molecule has 0 fully saturated rings. The van der Waals surface area contributed by atoms with Crippen molar-refractivity contribution in [2.45, 2.75) is 97.8 Å². The second-order valence-electron chi connectivity index (χ2n) is 11.2. The van der Waals surface area contributed by atoms with Gasteiger partial charge in [0.15, 0.2) is 6.10 Å². The zero-order valence-corrected chi connectivity index (χ0v) is 23.7. The van der Waals surface area contributed by atoms with Gasteiger partial charge in [-0.3, -0.25) is 4.79 Å². The van der Waals surface area contributed by atoms with E-state index >= 15 is 0 Å². The third-order valence-electron chi connectivity index (χ3n) is 6.61. The Balaban J connectivity index is 2.85. The fraction of sp³-hybridized carbons (Fsp3) is 0.556. The first-order valence-electron chi connectivity index (χ1n) is 12.1. The van der Waals surface area contributed by atoms with Crippen LogP contribution in [-0.2, 0) is 4.79 Å².